The number of piperidine rings is 1. The van der Waals surface area contributed by atoms with E-state index < -0.39 is 0 Å². The van der Waals surface area contributed by atoms with E-state index in [2.05, 4.69) is 32.9 Å². The molecule has 0 aliphatic carbocycles. The van der Waals surface area contributed by atoms with Crippen LogP contribution in [0.4, 0.5) is 0 Å². The number of halogens is 1. The first kappa shape index (κ1) is 12.8. The molecule has 0 bridgehead atoms. The van der Waals surface area contributed by atoms with Crippen molar-refractivity contribution in [3.63, 3.8) is 0 Å². The average molecular weight is 299 g/mol. The minimum absolute atomic E-state index is 0.537. The molecule has 4 heteroatoms. The number of nitrogens with zero attached hydrogens (tertiary/aromatic N) is 2. The second-order valence-electron chi connectivity index (χ2n) is 4.66. The zero-order valence-electron chi connectivity index (χ0n) is 10.4. The molecule has 94 valence electrons. The zero-order chi connectivity index (χ0) is 12.3. The zero-order valence-corrected chi connectivity index (χ0v) is 12.0. The first-order valence-electron chi connectivity index (χ1n) is 6.13. The standard InChI is InChI=1S/C13H19BrN2O/c1-10-12(14)6-7-13(15-10)17-9-11-5-3-4-8-16(11)2/h6-7,11H,3-5,8-9H2,1-2H3. The number of hydrogen-bond donors (Lipinski definition) is 0. The van der Waals surface area contributed by atoms with Crippen LogP contribution in [-0.4, -0.2) is 36.1 Å². The Balaban J connectivity index is 1.90. The second-order valence-corrected chi connectivity index (χ2v) is 5.51. The molecular formula is C13H19BrN2O. The third-order valence-electron chi connectivity index (χ3n) is 3.34. The lowest BCUT2D eigenvalue weighted by molar-refractivity contribution is 0.122. The normalized spacial score (nSPS) is 21.5. The van der Waals surface area contributed by atoms with Crippen LogP contribution in [0.2, 0.25) is 0 Å². The van der Waals surface area contributed by atoms with Gasteiger partial charge in [-0.05, 0) is 55.4 Å². The lowest BCUT2D eigenvalue weighted by Gasteiger charge is -2.31. The lowest BCUT2D eigenvalue weighted by atomic mass is 10.0. The number of likely N-dealkylation sites (N-methyl/N-ethyl adjacent to an activating group) is 1. The third-order valence-corrected chi connectivity index (χ3v) is 4.18. The Hall–Kier alpha value is -0.610. The molecule has 0 aromatic carbocycles. The maximum atomic E-state index is 5.78. The molecule has 0 saturated carbocycles. The summed E-state index contributed by atoms with van der Waals surface area (Å²) in [6.07, 6.45) is 3.85. The van der Waals surface area contributed by atoms with Crippen molar-refractivity contribution in [1.82, 2.24) is 9.88 Å². The first-order valence-corrected chi connectivity index (χ1v) is 6.92. The molecule has 1 saturated heterocycles. The fourth-order valence-corrected chi connectivity index (χ4v) is 2.36. The summed E-state index contributed by atoms with van der Waals surface area (Å²) in [6.45, 7) is 3.90. The van der Waals surface area contributed by atoms with E-state index in [1.54, 1.807) is 0 Å². The molecule has 17 heavy (non-hydrogen) atoms. The van der Waals surface area contributed by atoms with Crippen molar-refractivity contribution in [1.29, 1.82) is 0 Å². The van der Waals surface area contributed by atoms with Crippen LogP contribution in [-0.2, 0) is 0 Å². The average Bonchev–Trinajstić information content (AvgIpc) is 2.32. The SMILES string of the molecule is Cc1nc(OCC2CCCCN2C)ccc1Br. The van der Waals surface area contributed by atoms with Gasteiger partial charge >= 0.3 is 0 Å². The predicted octanol–water partition coefficient (Wildman–Crippen LogP) is 3.02. The van der Waals surface area contributed by atoms with Crippen molar-refractivity contribution in [2.75, 3.05) is 20.2 Å². The number of hydrogen-bond acceptors (Lipinski definition) is 3. The number of likely N-dealkylation sites (tertiary alicyclic amines) is 1. The number of pyridine rings is 1. The molecular weight excluding hydrogens is 280 g/mol. The van der Waals surface area contributed by atoms with Gasteiger partial charge in [0.15, 0.2) is 0 Å². The fraction of sp³-hybridized carbons (Fsp3) is 0.615. The molecule has 1 aromatic rings. The molecule has 3 nitrogen and oxygen atoms in total. The number of rotatable bonds is 3. The predicted molar refractivity (Wildman–Crippen MR) is 72.4 cm³/mol. The van der Waals surface area contributed by atoms with E-state index in [1.165, 1.54) is 25.8 Å². The molecule has 1 fully saturated rings. The van der Waals surface area contributed by atoms with E-state index >= 15 is 0 Å². The number of aromatic nitrogens is 1. The topological polar surface area (TPSA) is 25.4 Å². The summed E-state index contributed by atoms with van der Waals surface area (Å²) < 4.78 is 6.81. The van der Waals surface area contributed by atoms with Crippen LogP contribution >= 0.6 is 15.9 Å². The quantitative estimate of drug-likeness (QED) is 0.858. The van der Waals surface area contributed by atoms with Crippen LogP contribution < -0.4 is 4.74 Å². The van der Waals surface area contributed by atoms with Gasteiger partial charge < -0.3 is 9.64 Å². The number of ether oxygens (including phenoxy) is 1. The highest BCUT2D eigenvalue weighted by atomic mass is 79.9. The van der Waals surface area contributed by atoms with Gasteiger partial charge in [-0.2, -0.15) is 0 Å². The van der Waals surface area contributed by atoms with Crippen molar-refractivity contribution < 1.29 is 4.74 Å². The Kier molecular flexibility index (Phi) is 4.40. The van der Waals surface area contributed by atoms with E-state index in [-0.39, 0.29) is 0 Å². The van der Waals surface area contributed by atoms with E-state index in [9.17, 15) is 0 Å². The minimum Gasteiger partial charge on any atom is -0.476 e. The van der Waals surface area contributed by atoms with Gasteiger partial charge in [0.05, 0.1) is 5.69 Å². The first-order chi connectivity index (χ1) is 8.16. The monoisotopic (exact) mass is 298 g/mol. The van der Waals surface area contributed by atoms with Crippen LogP contribution in [0.1, 0.15) is 25.0 Å². The molecule has 1 aliphatic rings. The van der Waals surface area contributed by atoms with Crippen LogP contribution in [0.3, 0.4) is 0 Å². The van der Waals surface area contributed by atoms with Crippen molar-refractivity contribution in [2.24, 2.45) is 0 Å². The number of aryl methyl sites for hydroxylation is 1. The smallest absolute Gasteiger partial charge is 0.213 e. The van der Waals surface area contributed by atoms with Gasteiger partial charge in [0.25, 0.3) is 0 Å². The summed E-state index contributed by atoms with van der Waals surface area (Å²) in [5.74, 6) is 0.727. The Bertz CT molecular complexity index is 384. The molecule has 0 radical (unpaired) electrons. The van der Waals surface area contributed by atoms with Gasteiger partial charge in [0.2, 0.25) is 5.88 Å². The van der Waals surface area contributed by atoms with Crippen LogP contribution in [0, 0.1) is 6.92 Å². The lowest BCUT2D eigenvalue weighted by Crippen LogP contribution is -2.40. The summed E-state index contributed by atoms with van der Waals surface area (Å²) in [4.78, 5) is 6.78. The van der Waals surface area contributed by atoms with Gasteiger partial charge in [-0.25, -0.2) is 4.98 Å². The molecule has 1 aromatic heterocycles. The molecule has 1 aliphatic heterocycles. The third kappa shape index (κ3) is 3.42. The van der Waals surface area contributed by atoms with Gasteiger partial charge in [-0.3, -0.25) is 0 Å². The molecule has 2 heterocycles. The Morgan fingerprint density at radius 1 is 1.47 bits per heavy atom. The van der Waals surface area contributed by atoms with Crippen molar-refractivity contribution in [3.8, 4) is 5.88 Å². The Labute approximate surface area is 111 Å². The fourth-order valence-electron chi connectivity index (χ4n) is 2.14. The largest absolute Gasteiger partial charge is 0.476 e. The molecule has 0 spiro atoms. The van der Waals surface area contributed by atoms with Gasteiger partial charge in [0.1, 0.15) is 6.61 Å². The van der Waals surface area contributed by atoms with Gasteiger partial charge in [-0.1, -0.05) is 6.42 Å². The van der Waals surface area contributed by atoms with Crippen molar-refractivity contribution in [2.45, 2.75) is 32.2 Å². The summed E-state index contributed by atoms with van der Waals surface area (Å²) in [5.41, 5.74) is 0.972. The van der Waals surface area contributed by atoms with Crippen molar-refractivity contribution in [3.05, 3.63) is 22.3 Å². The summed E-state index contributed by atoms with van der Waals surface area (Å²) >= 11 is 3.44. The minimum atomic E-state index is 0.537. The molecule has 0 N–H and O–H groups in total. The van der Waals surface area contributed by atoms with E-state index in [0.717, 1.165) is 22.7 Å². The maximum Gasteiger partial charge on any atom is 0.213 e. The van der Waals surface area contributed by atoms with E-state index in [1.807, 2.05) is 19.1 Å². The molecule has 1 unspecified atom stereocenters. The maximum absolute atomic E-state index is 5.78. The summed E-state index contributed by atoms with van der Waals surface area (Å²) in [5, 5.41) is 0. The summed E-state index contributed by atoms with van der Waals surface area (Å²) in [7, 11) is 2.17. The van der Waals surface area contributed by atoms with Crippen LogP contribution in [0.25, 0.3) is 0 Å². The van der Waals surface area contributed by atoms with Gasteiger partial charge in [-0.15, -0.1) is 0 Å². The summed E-state index contributed by atoms with van der Waals surface area (Å²) in [6, 6.07) is 4.44. The van der Waals surface area contributed by atoms with Crippen molar-refractivity contribution >= 4 is 15.9 Å². The van der Waals surface area contributed by atoms with E-state index in [0.29, 0.717) is 6.04 Å². The highest BCUT2D eigenvalue weighted by Gasteiger charge is 2.19. The van der Waals surface area contributed by atoms with E-state index in [4.69, 9.17) is 4.74 Å². The van der Waals surface area contributed by atoms with Gasteiger partial charge in [0, 0.05) is 16.6 Å². The Morgan fingerprint density at radius 3 is 3.00 bits per heavy atom. The van der Waals surface area contributed by atoms with Crippen LogP contribution in [0.15, 0.2) is 16.6 Å². The Morgan fingerprint density at radius 2 is 2.29 bits per heavy atom. The second kappa shape index (κ2) is 5.83. The highest BCUT2D eigenvalue weighted by Crippen LogP contribution is 2.19. The van der Waals surface area contributed by atoms with Crippen LogP contribution in [0.5, 0.6) is 5.88 Å². The molecule has 2 rings (SSSR count). The molecule has 1 atom stereocenters. The molecule has 0 amide bonds. The highest BCUT2D eigenvalue weighted by molar-refractivity contribution is 9.10.